The molecule has 2 unspecified atom stereocenters. The maximum Gasteiger partial charge on any atom is 0.342 e. The van der Waals surface area contributed by atoms with Crippen LogP contribution in [0.25, 0.3) is 6.08 Å². The topological polar surface area (TPSA) is 103 Å². The third kappa shape index (κ3) is 3.90. The number of allylic oxidation sites excluding steroid dienone is 1. The first-order valence-corrected chi connectivity index (χ1v) is 10.9. The number of hydrazone groups is 1. The van der Waals surface area contributed by atoms with Crippen molar-refractivity contribution in [3.05, 3.63) is 71.3 Å². The van der Waals surface area contributed by atoms with E-state index in [2.05, 4.69) is 5.10 Å². The van der Waals surface area contributed by atoms with Crippen molar-refractivity contribution in [1.82, 2.24) is 14.8 Å². The van der Waals surface area contributed by atoms with E-state index < -0.39 is 18.5 Å². The highest BCUT2D eigenvalue weighted by Crippen LogP contribution is 2.44. The summed E-state index contributed by atoms with van der Waals surface area (Å²) in [5, 5.41) is 10.2. The van der Waals surface area contributed by atoms with Crippen molar-refractivity contribution >= 4 is 23.7 Å². The van der Waals surface area contributed by atoms with Gasteiger partial charge in [-0.3, -0.25) is 9.48 Å². The fourth-order valence-corrected chi connectivity index (χ4v) is 4.46. The van der Waals surface area contributed by atoms with Gasteiger partial charge in [0.15, 0.2) is 6.61 Å². The molecule has 1 aliphatic carbocycles. The molecule has 0 spiro atoms. The Hall–Kier alpha value is -3.88. The summed E-state index contributed by atoms with van der Waals surface area (Å²) >= 11 is 0. The zero-order valence-electron chi connectivity index (χ0n) is 18.4. The first kappa shape index (κ1) is 21.0. The van der Waals surface area contributed by atoms with Crippen LogP contribution in [0.2, 0.25) is 0 Å². The minimum Gasteiger partial charge on any atom is -0.467 e. The Morgan fingerprint density at radius 3 is 2.76 bits per heavy atom. The summed E-state index contributed by atoms with van der Waals surface area (Å²) in [5.74, 6) is 0.386. The molecule has 0 aromatic carbocycles. The molecule has 1 fully saturated rings. The van der Waals surface area contributed by atoms with Gasteiger partial charge >= 0.3 is 5.97 Å². The normalized spacial score (nSPS) is 21.2. The summed E-state index contributed by atoms with van der Waals surface area (Å²) in [6.45, 7) is 1.34. The molecule has 0 bridgehead atoms. The molecule has 3 aromatic heterocycles. The molecule has 170 valence electrons. The number of carbonyl (C=O) groups is 2. The Morgan fingerprint density at radius 1 is 1.24 bits per heavy atom. The van der Waals surface area contributed by atoms with Crippen LogP contribution in [0, 0.1) is 12.8 Å². The lowest BCUT2D eigenvalue weighted by Gasteiger charge is -2.27. The lowest BCUT2D eigenvalue weighted by molar-refractivity contribution is -0.137. The Bertz CT molecular complexity index is 1220. The summed E-state index contributed by atoms with van der Waals surface area (Å²) < 4.78 is 18.1. The van der Waals surface area contributed by atoms with Gasteiger partial charge in [0.25, 0.3) is 5.91 Å². The molecule has 0 N–H and O–H groups in total. The summed E-state index contributed by atoms with van der Waals surface area (Å²) in [6.07, 6.45) is 9.31. The zero-order valence-corrected chi connectivity index (χ0v) is 18.4. The third-order valence-corrected chi connectivity index (χ3v) is 6.23. The van der Waals surface area contributed by atoms with Gasteiger partial charge in [-0.25, -0.2) is 9.80 Å². The molecule has 0 radical (unpaired) electrons. The smallest absolute Gasteiger partial charge is 0.342 e. The number of hydrogen-bond donors (Lipinski definition) is 0. The predicted octanol–water partition coefficient (Wildman–Crippen LogP) is 3.89. The molecule has 9 heteroatoms. The van der Waals surface area contributed by atoms with E-state index in [1.165, 1.54) is 11.2 Å². The van der Waals surface area contributed by atoms with Gasteiger partial charge in [0, 0.05) is 18.7 Å². The van der Waals surface area contributed by atoms with Gasteiger partial charge in [-0.1, -0.05) is 0 Å². The first-order chi connectivity index (χ1) is 16.0. The highest BCUT2D eigenvalue weighted by molar-refractivity contribution is 6.08. The van der Waals surface area contributed by atoms with Crippen LogP contribution in [0.4, 0.5) is 0 Å². The molecular weight excluding hydrogens is 424 g/mol. The van der Waals surface area contributed by atoms with E-state index in [0.29, 0.717) is 17.0 Å². The maximum absolute atomic E-state index is 13.2. The monoisotopic (exact) mass is 448 g/mol. The van der Waals surface area contributed by atoms with Crippen molar-refractivity contribution in [3.8, 4) is 0 Å². The molecule has 2 aliphatic rings. The van der Waals surface area contributed by atoms with Crippen LogP contribution >= 0.6 is 0 Å². The number of rotatable bonds is 5. The summed E-state index contributed by atoms with van der Waals surface area (Å²) in [4.78, 5) is 25.7. The van der Waals surface area contributed by atoms with Crippen LogP contribution in [0.5, 0.6) is 0 Å². The van der Waals surface area contributed by atoms with Crippen LogP contribution in [-0.4, -0.2) is 39.0 Å². The number of aromatic nitrogens is 2. The molecule has 0 saturated heterocycles. The number of nitrogens with zero attached hydrogens (tertiary/aromatic N) is 4. The zero-order chi connectivity index (χ0) is 22.9. The van der Waals surface area contributed by atoms with E-state index in [0.717, 1.165) is 36.3 Å². The summed E-state index contributed by atoms with van der Waals surface area (Å²) in [5.41, 5.74) is 2.89. The Balaban J connectivity index is 1.40. The third-order valence-electron chi connectivity index (χ3n) is 6.23. The van der Waals surface area contributed by atoms with Crippen molar-refractivity contribution in [3.63, 3.8) is 0 Å². The van der Waals surface area contributed by atoms with Crippen LogP contribution in [-0.2, 0) is 16.6 Å². The van der Waals surface area contributed by atoms with Crippen LogP contribution in [0.15, 0.2) is 62.5 Å². The largest absolute Gasteiger partial charge is 0.467 e. The molecule has 2 atom stereocenters. The lowest BCUT2D eigenvalue weighted by atomic mass is 9.79. The fraction of sp³-hybridized carbons (Fsp3) is 0.333. The molecule has 1 saturated carbocycles. The van der Waals surface area contributed by atoms with Gasteiger partial charge < -0.3 is 13.6 Å². The molecule has 3 aromatic rings. The first-order valence-electron chi connectivity index (χ1n) is 10.9. The Kier molecular flexibility index (Phi) is 5.45. The minimum atomic E-state index is -0.592. The van der Waals surface area contributed by atoms with E-state index in [1.54, 1.807) is 37.2 Å². The summed E-state index contributed by atoms with van der Waals surface area (Å²) in [7, 11) is 1.74. The van der Waals surface area contributed by atoms with Gasteiger partial charge in [-0.15, -0.1) is 0 Å². The number of hydrogen-bond acceptors (Lipinski definition) is 7. The Labute approximate surface area is 190 Å². The molecule has 5 rings (SSSR count). The number of aryl methyl sites for hydroxylation is 1. The minimum absolute atomic E-state index is 0.00803. The maximum atomic E-state index is 13.2. The SMILES string of the molecule is Cc1c(C(=O)OCC(=O)N2N=C3C(=Cc4ccco4)CCCC3C2c2ccco2)cnn1C. The molecule has 9 nitrogen and oxygen atoms in total. The van der Waals surface area contributed by atoms with Gasteiger partial charge in [-0.05, 0) is 62.1 Å². The highest BCUT2D eigenvalue weighted by atomic mass is 16.5. The van der Waals surface area contributed by atoms with Gasteiger partial charge in [-0.2, -0.15) is 10.2 Å². The number of esters is 1. The molecule has 33 heavy (non-hydrogen) atoms. The van der Waals surface area contributed by atoms with Crippen LogP contribution in [0.1, 0.15) is 52.9 Å². The fourth-order valence-electron chi connectivity index (χ4n) is 4.46. The van der Waals surface area contributed by atoms with Crippen molar-refractivity contribution in [1.29, 1.82) is 0 Å². The van der Waals surface area contributed by atoms with Crippen molar-refractivity contribution in [2.24, 2.45) is 18.1 Å². The van der Waals surface area contributed by atoms with E-state index in [9.17, 15) is 9.59 Å². The average molecular weight is 448 g/mol. The molecule has 4 heterocycles. The van der Waals surface area contributed by atoms with Crippen LogP contribution in [0.3, 0.4) is 0 Å². The average Bonchev–Trinajstić information content (AvgIpc) is 3.60. The number of ether oxygens (including phenoxy) is 1. The standard InChI is InChI=1S/C24H24N4O5/c1-15-19(13-25-27(15)2)24(30)33-14-21(29)28-23(20-9-5-11-32-20)18-8-3-6-16(22(18)26-28)12-17-7-4-10-31-17/h4-5,7,9-13,18,23H,3,6,8,14H2,1-2H3. The quantitative estimate of drug-likeness (QED) is 0.549. The van der Waals surface area contributed by atoms with Crippen LogP contribution < -0.4 is 0 Å². The number of fused-ring (bicyclic) bond motifs is 1. The number of carbonyl (C=O) groups excluding carboxylic acids is 2. The van der Waals surface area contributed by atoms with Crippen molar-refractivity contribution in [2.45, 2.75) is 32.2 Å². The van der Waals surface area contributed by atoms with Gasteiger partial charge in [0.2, 0.25) is 0 Å². The second-order valence-electron chi connectivity index (χ2n) is 8.21. The highest BCUT2D eigenvalue weighted by Gasteiger charge is 2.45. The van der Waals surface area contributed by atoms with E-state index in [-0.39, 0.29) is 12.0 Å². The molecule has 1 aliphatic heterocycles. The molecule has 1 amide bonds. The van der Waals surface area contributed by atoms with E-state index in [4.69, 9.17) is 18.7 Å². The van der Waals surface area contributed by atoms with Crippen molar-refractivity contribution < 1.29 is 23.2 Å². The second kappa shape index (κ2) is 8.57. The lowest BCUT2D eigenvalue weighted by Crippen LogP contribution is -2.34. The summed E-state index contributed by atoms with van der Waals surface area (Å²) in [6, 6.07) is 6.98. The van der Waals surface area contributed by atoms with E-state index in [1.807, 2.05) is 24.3 Å². The second-order valence-corrected chi connectivity index (χ2v) is 8.21. The Morgan fingerprint density at radius 2 is 2.06 bits per heavy atom. The van der Waals surface area contributed by atoms with Gasteiger partial charge in [0.1, 0.15) is 23.1 Å². The van der Waals surface area contributed by atoms with Crippen molar-refractivity contribution in [2.75, 3.05) is 6.61 Å². The van der Waals surface area contributed by atoms with E-state index >= 15 is 0 Å². The van der Waals surface area contributed by atoms with Gasteiger partial charge in [0.05, 0.1) is 24.4 Å². The molecular formula is C24H24N4O5. The number of furan rings is 2. The predicted molar refractivity (Wildman–Crippen MR) is 118 cm³/mol. The number of amides is 1.